The first-order valence-corrected chi connectivity index (χ1v) is 10.5. The lowest BCUT2D eigenvalue weighted by Crippen LogP contribution is -2.44. The number of nitrogens with zero attached hydrogens (tertiary/aromatic N) is 1. The smallest absolute Gasteiger partial charge is 0.229 e. The van der Waals surface area contributed by atoms with Crippen LogP contribution in [0.2, 0.25) is 0 Å². The van der Waals surface area contributed by atoms with E-state index in [4.69, 9.17) is 0 Å². The Bertz CT molecular complexity index is 298. The lowest BCUT2D eigenvalue weighted by molar-refractivity contribution is -0.147. The van der Waals surface area contributed by atoms with Crippen molar-refractivity contribution >= 4 is 11.8 Å². The van der Waals surface area contributed by atoms with E-state index in [2.05, 4.69) is 13.8 Å². The van der Waals surface area contributed by atoms with Gasteiger partial charge >= 0.3 is 0 Å². The molecule has 0 bridgehead atoms. The summed E-state index contributed by atoms with van der Waals surface area (Å²) in [5.41, 5.74) is 0. The van der Waals surface area contributed by atoms with E-state index < -0.39 is 0 Å². The van der Waals surface area contributed by atoms with Crippen LogP contribution >= 0.6 is 0 Å². The summed E-state index contributed by atoms with van der Waals surface area (Å²) >= 11 is 0. The second-order valence-corrected chi connectivity index (χ2v) is 6.92. The van der Waals surface area contributed by atoms with Crippen LogP contribution in [0.3, 0.4) is 0 Å². The van der Waals surface area contributed by atoms with Crippen LogP contribution in [0.15, 0.2) is 0 Å². The fourth-order valence-electron chi connectivity index (χ4n) is 3.26. The van der Waals surface area contributed by atoms with Gasteiger partial charge < -0.3 is 0 Å². The Kier molecular flexibility index (Phi) is 15.1. The maximum Gasteiger partial charge on any atom is 0.229 e. The van der Waals surface area contributed by atoms with Crippen LogP contribution in [0.4, 0.5) is 0 Å². The van der Waals surface area contributed by atoms with E-state index in [9.17, 15) is 9.59 Å². The number of carbonyl (C=O) groups is 2. The number of unbranched alkanes of at least 4 members (excludes halogenated alkanes) is 8. The molecule has 0 atom stereocenters. The zero-order valence-electron chi connectivity index (χ0n) is 16.7. The first-order valence-electron chi connectivity index (χ1n) is 10.5. The molecule has 0 heterocycles. The molecular formula is C21H41NO2. The first kappa shape index (κ1) is 23.1. The van der Waals surface area contributed by atoms with Crippen molar-refractivity contribution < 1.29 is 9.59 Å². The molecule has 3 heteroatoms. The van der Waals surface area contributed by atoms with Crippen LogP contribution in [0.5, 0.6) is 0 Å². The second kappa shape index (κ2) is 15.7. The van der Waals surface area contributed by atoms with Gasteiger partial charge in [-0.2, -0.15) is 0 Å². The van der Waals surface area contributed by atoms with Gasteiger partial charge in [0.05, 0.1) is 0 Å². The van der Waals surface area contributed by atoms with Crippen LogP contribution in [-0.2, 0) is 9.59 Å². The first-order chi connectivity index (χ1) is 11.6. The molecule has 0 aliphatic carbocycles. The third-order valence-corrected chi connectivity index (χ3v) is 4.79. The molecule has 0 aromatic rings. The summed E-state index contributed by atoms with van der Waals surface area (Å²) in [5, 5.41) is 0. The molecule has 0 fully saturated rings. The number of amides is 2. The van der Waals surface area contributed by atoms with Crippen molar-refractivity contribution in [2.24, 2.45) is 0 Å². The van der Waals surface area contributed by atoms with E-state index in [1.807, 2.05) is 13.8 Å². The highest BCUT2D eigenvalue weighted by Crippen LogP contribution is 2.20. The largest absolute Gasteiger partial charge is 0.280 e. The molecule has 0 saturated carbocycles. The van der Waals surface area contributed by atoms with Gasteiger partial charge in [0.25, 0.3) is 0 Å². The lowest BCUT2D eigenvalue weighted by atomic mass is 9.98. The summed E-state index contributed by atoms with van der Waals surface area (Å²) in [6.07, 6.45) is 15.1. The normalized spacial score (nSPS) is 11.0. The number of carbonyl (C=O) groups excluding carboxylic acids is 2. The summed E-state index contributed by atoms with van der Waals surface area (Å²) < 4.78 is 0. The Morgan fingerprint density at radius 2 is 1.00 bits per heavy atom. The number of imide groups is 1. The topological polar surface area (TPSA) is 37.4 Å². The van der Waals surface area contributed by atoms with Gasteiger partial charge in [-0.05, 0) is 12.8 Å². The van der Waals surface area contributed by atoms with Crippen molar-refractivity contribution in [2.75, 3.05) is 0 Å². The molecule has 0 spiro atoms. The lowest BCUT2D eigenvalue weighted by Gasteiger charge is -2.30. The van der Waals surface area contributed by atoms with Crippen molar-refractivity contribution in [3.05, 3.63) is 0 Å². The number of rotatable bonds is 15. The van der Waals surface area contributed by atoms with Gasteiger partial charge in [-0.25, -0.2) is 0 Å². The Labute approximate surface area is 150 Å². The van der Waals surface area contributed by atoms with E-state index >= 15 is 0 Å². The molecule has 0 N–H and O–H groups in total. The van der Waals surface area contributed by atoms with E-state index in [0.29, 0.717) is 12.8 Å². The number of hydrogen-bond acceptors (Lipinski definition) is 2. The predicted octanol–water partition coefficient (Wildman–Crippen LogP) is 6.25. The van der Waals surface area contributed by atoms with Crippen LogP contribution in [0, 0.1) is 0 Å². The van der Waals surface area contributed by atoms with Crippen LogP contribution in [-0.4, -0.2) is 22.8 Å². The van der Waals surface area contributed by atoms with E-state index in [-0.39, 0.29) is 17.9 Å². The highest BCUT2D eigenvalue weighted by molar-refractivity contribution is 5.95. The minimum Gasteiger partial charge on any atom is -0.280 e. The van der Waals surface area contributed by atoms with Crippen molar-refractivity contribution in [3.8, 4) is 0 Å². The minimum atomic E-state index is 0.00830. The van der Waals surface area contributed by atoms with E-state index in [0.717, 1.165) is 25.7 Å². The maximum absolute atomic E-state index is 12.3. The molecule has 0 radical (unpaired) electrons. The Hall–Kier alpha value is -0.860. The van der Waals surface area contributed by atoms with Crippen molar-refractivity contribution in [2.45, 2.75) is 124 Å². The summed E-state index contributed by atoms with van der Waals surface area (Å²) in [4.78, 5) is 26.3. The van der Waals surface area contributed by atoms with Gasteiger partial charge in [-0.15, -0.1) is 0 Å². The molecule has 0 aliphatic rings. The molecule has 0 rings (SSSR count). The van der Waals surface area contributed by atoms with Gasteiger partial charge in [0, 0.05) is 18.9 Å². The monoisotopic (exact) mass is 339 g/mol. The fraction of sp³-hybridized carbons (Fsp3) is 0.905. The molecular weight excluding hydrogens is 298 g/mol. The maximum atomic E-state index is 12.3. The average Bonchev–Trinajstić information content (AvgIpc) is 2.60. The molecule has 3 nitrogen and oxygen atoms in total. The van der Waals surface area contributed by atoms with Gasteiger partial charge in [0.1, 0.15) is 0 Å². The summed E-state index contributed by atoms with van der Waals surface area (Å²) in [6.45, 7) is 8.16. The van der Waals surface area contributed by atoms with E-state index in [1.165, 1.54) is 51.4 Å². The zero-order chi connectivity index (χ0) is 18.2. The third-order valence-electron chi connectivity index (χ3n) is 4.79. The molecule has 0 aromatic heterocycles. The Morgan fingerprint density at radius 3 is 1.33 bits per heavy atom. The molecule has 142 valence electrons. The zero-order valence-corrected chi connectivity index (χ0v) is 16.7. The molecule has 0 saturated heterocycles. The van der Waals surface area contributed by atoms with Crippen LogP contribution in [0.25, 0.3) is 0 Å². The molecule has 0 aliphatic heterocycles. The van der Waals surface area contributed by atoms with Gasteiger partial charge in [-0.1, -0.05) is 91.9 Å². The van der Waals surface area contributed by atoms with Crippen molar-refractivity contribution in [1.29, 1.82) is 0 Å². The van der Waals surface area contributed by atoms with Crippen LogP contribution < -0.4 is 0 Å². The standard InChI is InChI=1S/C21H41NO2/c1-5-9-11-13-15-17-19(18-16-14-12-10-6-2)22(20(23)7-3)21(24)8-4/h19H,5-18H2,1-4H3. The average molecular weight is 340 g/mol. The van der Waals surface area contributed by atoms with Gasteiger partial charge in [0.2, 0.25) is 11.8 Å². The van der Waals surface area contributed by atoms with Crippen LogP contribution in [0.1, 0.15) is 118 Å². The summed E-state index contributed by atoms with van der Waals surface area (Å²) in [7, 11) is 0. The van der Waals surface area contributed by atoms with Crippen molar-refractivity contribution in [3.63, 3.8) is 0 Å². The molecule has 0 unspecified atom stereocenters. The SMILES string of the molecule is CCCCCCCC(CCCCCCC)N(C(=O)CC)C(=O)CC. The molecule has 2 amide bonds. The quantitative estimate of drug-likeness (QED) is 0.331. The number of hydrogen-bond donors (Lipinski definition) is 0. The fourth-order valence-corrected chi connectivity index (χ4v) is 3.26. The highest BCUT2D eigenvalue weighted by Gasteiger charge is 2.26. The van der Waals surface area contributed by atoms with E-state index in [1.54, 1.807) is 4.90 Å². The Morgan fingerprint density at radius 1 is 0.625 bits per heavy atom. The molecule has 0 aromatic carbocycles. The minimum absolute atomic E-state index is 0.00830. The van der Waals surface area contributed by atoms with Gasteiger partial charge in [0.15, 0.2) is 0 Å². The van der Waals surface area contributed by atoms with Crippen molar-refractivity contribution in [1.82, 2.24) is 4.90 Å². The Balaban J connectivity index is 4.64. The second-order valence-electron chi connectivity index (χ2n) is 6.92. The predicted molar refractivity (Wildman–Crippen MR) is 103 cm³/mol. The third kappa shape index (κ3) is 10.1. The highest BCUT2D eigenvalue weighted by atomic mass is 16.2. The summed E-state index contributed by atoms with van der Waals surface area (Å²) in [5.74, 6) is 0.0166. The van der Waals surface area contributed by atoms with Gasteiger partial charge in [-0.3, -0.25) is 14.5 Å². The summed E-state index contributed by atoms with van der Waals surface area (Å²) in [6, 6.07) is 0.119. The molecule has 24 heavy (non-hydrogen) atoms.